The van der Waals surface area contributed by atoms with E-state index in [1.807, 2.05) is 0 Å². The van der Waals surface area contributed by atoms with Gasteiger partial charge in [0.15, 0.2) is 7.14 Å². The average molecular weight is 715 g/mol. The van der Waals surface area contributed by atoms with Gasteiger partial charge in [-0.15, -0.1) is 0 Å². The molecule has 0 aliphatic heterocycles. The maximum atomic E-state index is 12.3. The van der Waals surface area contributed by atoms with E-state index < -0.39 is 38.5 Å². The van der Waals surface area contributed by atoms with Gasteiger partial charge in [0.1, 0.15) is 10.1 Å². The summed E-state index contributed by atoms with van der Waals surface area (Å²) in [5.41, 5.74) is -0.242. The lowest BCUT2D eigenvalue weighted by molar-refractivity contribution is -0.597. The molecule has 0 spiro atoms. The van der Waals surface area contributed by atoms with Crippen LogP contribution in [-0.4, -0.2) is 13.0 Å². The standard InChI is InChI=1S/C22H30I.C8H4F6O3S/c1-7-21(3,4)17-9-13-19(14-10-17)23-20-15-11-18(12-16-20)22(5,6)8-2;9-7(10,11)4-1-5(8(12,13)14)3-6(2-4)18(15,16)17/h9-16H,7-8H2,1-6H3;1-3H,(H,15,16,17)/q+1;/p-1. The summed E-state index contributed by atoms with van der Waals surface area (Å²) in [5.74, 6) is 0. The van der Waals surface area contributed by atoms with Gasteiger partial charge < -0.3 is 4.55 Å². The van der Waals surface area contributed by atoms with Crippen molar-refractivity contribution in [3.8, 4) is 0 Å². The molecule has 3 rings (SSSR count). The molecule has 0 aliphatic carbocycles. The van der Waals surface area contributed by atoms with Crippen LogP contribution in [-0.2, 0) is 33.3 Å². The predicted molar refractivity (Wildman–Crippen MR) is 141 cm³/mol. The quantitative estimate of drug-likeness (QED) is 0.176. The minimum absolute atomic E-state index is 0.0793. The zero-order valence-electron chi connectivity index (χ0n) is 23.5. The zero-order valence-corrected chi connectivity index (χ0v) is 26.5. The Morgan fingerprint density at radius 3 is 1.17 bits per heavy atom. The van der Waals surface area contributed by atoms with E-state index in [-0.39, 0.29) is 50.2 Å². The van der Waals surface area contributed by atoms with Gasteiger partial charge >= 0.3 is 33.6 Å². The molecule has 0 unspecified atom stereocenters. The molecule has 0 bridgehead atoms. The maximum absolute atomic E-state index is 12.3. The summed E-state index contributed by atoms with van der Waals surface area (Å²) in [7, 11) is -5.42. The van der Waals surface area contributed by atoms with Gasteiger partial charge in [-0.25, -0.2) is 8.42 Å². The highest BCUT2D eigenvalue weighted by Gasteiger charge is 2.37. The molecule has 3 aromatic rings. The molecule has 11 heteroatoms. The molecular weight excluding hydrogens is 681 g/mol. The first-order chi connectivity index (χ1) is 18.6. The summed E-state index contributed by atoms with van der Waals surface area (Å²) < 4.78 is 108. The molecule has 41 heavy (non-hydrogen) atoms. The third kappa shape index (κ3) is 9.99. The predicted octanol–water partition coefficient (Wildman–Crippen LogP) is 5.82. The Morgan fingerprint density at radius 1 is 0.610 bits per heavy atom. The van der Waals surface area contributed by atoms with E-state index in [0.29, 0.717) is 0 Å². The number of hydrogen-bond acceptors (Lipinski definition) is 3. The normalized spacial score (nSPS) is 13.0. The first-order valence-electron chi connectivity index (χ1n) is 12.7. The van der Waals surface area contributed by atoms with Crippen LogP contribution in [0.25, 0.3) is 0 Å². The minimum Gasteiger partial charge on any atom is -0.744 e. The van der Waals surface area contributed by atoms with Crippen molar-refractivity contribution >= 4 is 10.1 Å². The molecule has 0 N–H and O–H groups in total. The highest BCUT2D eigenvalue weighted by Crippen LogP contribution is 2.37. The first kappa shape index (κ1) is 35.1. The van der Waals surface area contributed by atoms with Crippen LogP contribution in [0.3, 0.4) is 0 Å². The van der Waals surface area contributed by atoms with Crippen molar-refractivity contribution in [2.24, 2.45) is 0 Å². The number of hydrogen-bond donors (Lipinski definition) is 0. The third-order valence-electron chi connectivity index (χ3n) is 7.09. The molecule has 0 fully saturated rings. The smallest absolute Gasteiger partial charge is 0.416 e. The summed E-state index contributed by atoms with van der Waals surface area (Å²) in [6.45, 7) is 13.8. The van der Waals surface area contributed by atoms with E-state index in [1.54, 1.807) is 0 Å². The van der Waals surface area contributed by atoms with Gasteiger partial charge in [-0.2, -0.15) is 26.3 Å². The van der Waals surface area contributed by atoms with Gasteiger partial charge in [0.05, 0.1) is 16.0 Å². The molecule has 0 aliphatic rings. The van der Waals surface area contributed by atoms with E-state index in [2.05, 4.69) is 90.1 Å². The van der Waals surface area contributed by atoms with Crippen LogP contribution in [0.4, 0.5) is 26.3 Å². The molecule has 0 amide bonds. The van der Waals surface area contributed by atoms with E-state index in [4.69, 9.17) is 0 Å². The van der Waals surface area contributed by atoms with Crippen molar-refractivity contribution < 1.29 is 60.5 Å². The Morgan fingerprint density at radius 2 is 0.927 bits per heavy atom. The molecule has 0 aromatic heterocycles. The van der Waals surface area contributed by atoms with Crippen LogP contribution >= 0.6 is 0 Å². The largest absolute Gasteiger partial charge is 0.744 e. The Hall–Kier alpha value is -2.12. The van der Waals surface area contributed by atoms with Gasteiger partial charge in [-0.3, -0.25) is 0 Å². The lowest BCUT2D eigenvalue weighted by atomic mass is 9.82. The van der Waals surface area contributed by atoms with Crippen molar-refractivity contribution in [1.82, 2.24) is 0 Å². The summed E-state index contributed by atoms with van der Waals surface area (Å²) >= 11 is -0.0793. The second-order valence-corrected chi connectivity index (χ2v) is 15.2. The Balaban J connectivity index is 0.000000296. The van der Waals surface area contributed by atoms with Crippen LogP contribution in [0, 0.1) is 7.14 Å². The lowest BCUT2D eigenvalue weighted by Gasteiger charge is -2.23. The van der Waals surface area contributed by atoms with Crippen molar-refractivity contribution in [3.05, 3.63) is 96.1 Å². The van der Waals surface area contributed by atoms with Gasteiger partial charge in [-0.05, 0) is 77.3 Å². The SMILES string of the molecule is CCC(C)(C)c1ccc([I+]c2ccc(C(C)(C)CC)cc2)cc1.O=S(=O)([O-])c1cc(C(F)(F)F)cc(C(F)(F)F)c1. The summed E-state index contributed by atoms with van der Waals surface area (Å²) in [5, 5.41) is 0. The molecule has 0 heterocycles. The van der Waals surface area contributed by atoms with Gasteiger partial charge in [0, 0.05) is 0 Å². The molecule has 3 nitrogen and oxygen atoms in total. The molecular formula is C30H33F6IO3S. The number of rotatable bonds is 7. The van der Waals surface area contributed by atoms with Gasteiger partial charge in [-0.1, -0.05) is 65.8 Å². The van der Waals surface area contributed by atoms with Crippen molar-refractivity contribution in [2.45, 2.75) is 82.5 Å². The summed E-state index contributed by atoms with van der Waals surface area (Å²) in [6, 6.07) is 18.1. The highest BCUT2D eigenvalue weighted by atomic mass is 127. The van der Waals surface area contributed by atoms with Gasteiger partial charge in [0.2, 0.25) is 0 Å². The van der Waals surface area contributed by atoms with Crippen molar-refractivity contribution in [1.29, 1.82) is 0 Å². The van der Waals surface area contributed by atoms with Gasteiger partial charge in [0.25, 0.3) is 0 Å². The molecule has 0 atom stereocenters. The van der Waals surface area contributed by atoms with Crippen LogP contribution < -0.4 is 21.2 Å². The molecule has 0 saturated heterocycles. The number of halogens is 7. The van der Waals surface area contributed by atoms with Crippen LogP contribution in [0.2, 0.25) is 0 Å². The first-order valence-corrected chi connectivity index (χ1v) is 16.3. The topological polar surface area (TPSA) is 57.2 Å². The van der Waals surface area contributed by atoms with Crippen molar-refractivity contribution in [2.75, 3.05) is 0 Å². The highest BCUT2D eigenvalue weighted by molar-refractivity contribution is 7.85. The number of alkyl halides is 6. The monoisotopic (exact) mass is 714 g/mol. The molecule has 226 valence electrons. The van der Waals surface area contributed by atoms with Crippen LogP contribution in [0.15, 0.2) is 71.6 Å². The Kier molecular flexibility index (Phi) is 11.1. The second kappa shape index (κ2) is 13.0. The fourth-order valence-corrected chi connectivity index (χ4v) is 6.23. The summed E-state index contributed by atoms with van der Waals surface area (Å²) in [4.78, 5) is -1.58. The zero-order chi connectivity index (χ0) is 31.4. The summed E-state index contributed by atoms with van der Waals surface area (Å²) in [6.07, 6.45) is -8.03. The van der Waals surface area contributed by atoms with E-state index in [9.17, 15) is 39.3 Å². The Labute approximate surface area is 248 Å². The minimum atomic E-state index is -5.42. The lowest BCUT2D eigenvalue weighted by Crippen LogP contribution is -3.61. The van der Waals surface area contributed by atoms with Crippen LogP contribution in [0.1, 0.15) is 76.6 Å². The Bertz CT molecular complexity index is 1320. The number of benzene rings is 3. The fourth-order valence-electron chi connectivity index (χ4n) is 3.53. The van der Waals surface area contributed by atoms with Crippen LogP contribution in [0.5, 0.6) is 0 Å². The second-order valence-electron chi connectivity index (χ2n) is 10.8. The van der Waals surface area contributed by atoms with E-state index in [1.165, 1.54) is 31.1 Å². The maximum Gasteiger partial charge on any atom is 0.416 e. The van der Waals surface area contributed by atoms with E-state index in [0.717, 1.165) is 0 Å². The fraction of sp³-hybridized carbons (Fsp3) is 0.400. The van der Waals surface area contributed by atoms with E-state index >= 15 is 0 Å². The third-order valence-corrected chi connectivity index (χ3v) is 10.6. The molecule has 0 radical (unpaired) electrons. The molecule has 3 aromatic carbocycles. The van der Waals surface area contributed by atoms with Crippen molar-refractivity contribution in [3.63, 3.8) is 0 Å². The average Bonchev–Trinajstić information content (AvgIpc) is 2.88. The molecule has 0 saturated carbocycles.